The molecule has 0 spiro atoms. The Hall–Kier alpha value is -3.23. The van der Waals surface area contributed by atoms with Gasteiger partial charge in [0.25, 0.3) is 0 Å². The average molecular weight is 405 g/mol. The largest absolute Gasteiger partial charge is 0.418 e. The number of aromatic nitrogens is 3. The lowest BCUT2D eigenvalue weighted by Crippen LogP contribution is -2.17. The standard InChI is InChI=1S/C20H19F4N5/c1-3-12(2)26-19-27-16(13-7-9-25-10-8-13)11-17(29-19)28-18-14(20(22,23)24)5-4-6-15(18)21/h4-12H,3H2,1-2H3,(H2,26,27,28,29)/t12-/m0/s1. The van der Waals surface area contributed by atoms with E-state index in [0.717, 1.165) is 24.6 Å². The highest BCUT2D eigenvalue weighted by Gasteiger charge is 2.35. The zero-order chi connectivity index (χ0) is 21.0. The summed E-state index contributed by atoms with van der Waals surface area (Å²) in [5.41, 5.74) is -0.644. The van der Waals surface area contributed by atoms with Crippen molar-refractivity contribution in [3.63, 3.8) is 0 Å². The Balaban J connectivity index is 2.07. The monoisotopic (exact) mass is 405 g/mol. The molecule has 9 heteroatoms. The van der Waals surface area contributed by atoms with Crippen molar-refractivity contribution >= 4 is 17.5 Å². The molecule has 0 saturated carbocycles. The van der Waals surface area contributed by atoms with Crippen molar-refractivity contribution in [3.05, 3.63) is 60.2 Å². The second-order valence-corrected chi connectivity index (χ2v) is 6.44. The zero-order valence-corrected chi connectivity index (χ0v) is 15.8. The second-order valence-electron chi connectivity index (χ2n) is 6.44. The lowest BCUT2D eigenvalue weighted by atomic mass is 10.1. The summed E-state index contributed by atoms with van der Waals surface area (Å²) < 4.78 is 54.2. The van der Waals surface area contributed by atoms with Crippen molar-refractivity contribution in [1.82, 2.24) is 15.0 Å². The molecule has 2 heterocycles. The number of halogens is 4. The number of benzene rings is 1. The maximum absolute atomic E-state index is 14.2. The summed E-state index contributed by atoms with van der Waals surface area (Å²) in [6.07, 6.45) is -0.782. The van der Waals surface area contributed by atoms with E-state index in [0.29, 0.717) is 11.3 Å². The van der Waals surface area contributed by atoms with Crippen LogP contribution in [0.5, 0.6) is 0 Å². The van der Waals surface area contributed by atoms with Crippen LogP contribution in [-0.2, 0) is 6.18 Å². The number of nitrogens with one attached hydrogen (secondary N) is 2. The third-order valence-corrected chi connectivity index (χ3v) is 4.26. The van der Waals surface area contributed by atoms with E-state index < -0.39 is 23.2 Å². The van der Waals surface area contributed by atoms with E-state index in [4.69, 9.17) is 0 Å². The Bertz CT molecular complexity index is 976. The highest BCUT2D eigenvalue weighted by molar-refractivity contribution is 5.69. The molecule has 0 radical (unpaired) electrons. The molecular formula is C20H19F4N5. The number of hydrogen-bond donors (Lipinski definition) is 2. The molecule has 0 saturated heterocycles. The van der Waals surface area contributed by atoms with E-state index in [1.54, 1.807) is 24.5 Å². The first kappa shape index (κ1) is 20.5. The van der Waals surface area contributed by atoms with Crippen LogP contribution in [0.4, 0.5) is 35.0 Å². The predicted octanol–water partition coefficient (Wildman–Crippen LogP) is 5.65. The third-order valence-electron chi connectivity index (χ3n) is 4.26. The van der Waals surface area contributed by atoms with Gasteiger partial charge in [-0.1, -0.05) is 13.0 Å². The highest BCUT2D eigenvalue weighted by Crippen LogP contribution is 2.37. The summed E-state index contributed by atoms with van der Waals surface area (Å²) in [6, 6.07) is 7.71. The van der Waals surface area contributed by atoms with Gasteiger partial charge in [0.05, 0.1) is 16.9 Å². The molecule has 5 nitrogen and oxygen atoms in total. The van der Waals surface area contributed by atoms with Crippen LogP contribution in [0.15, 0.2) is 48.8 Å². The maximum atomic E-state index is 14.2. The van der Waals surface area contributed by atoms with Crippen molar-refractivity contribution in [1.29, 1.82) is 0 Å². The van der Waals surface area contributed by atoms with E-state index in [9.17, 15) is 17.6 Å². The molecule has 0 aliphatic rings. The van der Waals surface area contributed by atoms with Gasteiger partial charge in [0.1, 0.15) is 11.6 Å². The Morgan fingerprint density at radius 3 is 2.45 bits per heavy atom. The van der Waals surface area contributed by atoms with Crippen LogP contribution < -0.4 is 10.6 Å². The van der Waals surface area contributed by atoms with Crippen molar-refractivity contribution in [2.45, 2.75) is 32.5 Å². The normalized spacial score (nSPS) is 12.5. The molecular weight excluding hydrogens is 386 g/mol. The van der Waals surface area contributed by atoms with Gasteiger partial charge in [0.15, 0.2) is 0 Å². The van der Waals surface area contributed by atoms with Gasteiger partial charge >= 0.3 is 6.18 Å². The van der Waals surface area contributed by atoms with Crippen LogP contribution in [0.2, 0.25) is 0 Å². The minimum absolute atomic E-state index is 0.0354. The summed E-state index contributed by atoms with van der Waals surface area (Å²) in [7, 11) is 0. The smallest absolute Gasteiger partial charge is 0.352 e. The fourth-order valence-electron chi connectivity index (χ4n) is 2.58. The summed E-state index contributed by atoms with van der Waals surface area (Å²) in [4.78, 5) is 12.6. The van der Waals surface area contributed by atoms with Crippen molar-refractivity contribution in [3.8, 4) is 11.3 Å². The predicted molar refractivity (Wildman–Crippen MR) is 103 cm³/mol. The number of hydrogen-bond acceptors (Lipinski definition) is 5. The molecule has 0 amide bonds. The number of pyridine rings is 1. The first-order valence-corrected chi connectivity index (χ1v) is 8.96. The van der Waals surface area contributed by atoms with Gasteiger partial charge in [0.2, 0.25) is 5.95 Å². The summed E-state index contributed by atoms with van der Waals surface area (Å²) in [6.45, 7) is 3.90. The molecule has 3 rings (SSSR count). The van der Waals surface area contributed by atoms with Crippen LogP contribution in [0.25, 0.3) is 11.3 Å². The van der Waals surface area contributed by atoms with Crippen LogP contribution in [0.3, 0.4) is 0 Å². The molecule has 2 aromatic heterocycles. The van der Waals surface area contributed by atoms with Crippen LogP contribution >= 0.6 is 0 Å². The molecule has 3 aromatic rings. The van der Waals surface area contributed by atoms with E-state index >= 15 is 0 Å². The van der Waals surface area contributed by atoms with Gasteiger partial charge in [-0.25, -0.2) is 9.37 Å². The fraction of sp³-hybridized carbons (Fsp3) is 0.250. The molecule has 0 unspecified atom stereocenters. The molecule has 0 fully saturated rings. The second kappa shape index (κ2) is 8.42. The maximum Gasteiger partial charge on any atom is 0.418 e. The summed E-state index contributed by atoms with van der Waals surface area (Å²) >= 11 is 0. The van der Waals surface area contributed by atoms with E-state index in [1.165, 1.54) is 6.07 Å². The van der Waals surface area contributed by atoms with Gasteiger partial charge in [0, 0.05) is 30.1 Å². The van der Waals surface area contributed by atoms with E-state index in [1.807, 2.05) is 13.8 Å². The number of nitrogens with zero attached hydrogens (tertiary/aromatic N) is 3. The molecule has 152 valence electrons. The highest BCUT2D eigenvalue weighted by atomic mass is 19.4. The molecule has 29 heavy (non-hydrogen) atoms. The first-order chi connectivity index (χ1) is 13.8. The molecule has 0 bridgehead atoms. The number of rotatable bonds is 6. The number of alkyl halides is 3. The minimum Gasteiger partial charge on any atom is -0.352 e. The van der Waals surface area contributed by atoms with Gasteiger partial charge in [-0.05, 0) is 37.6 Å². The fourth-order valence-corrected chi connectivity index (χ4v) is 2.58. The topological polar surface area (TPSA) is 62.7 Å². The quantitative estimate of drug-likeness (QED) is 0.519. The van der Waals surface area contributed by atoms with Crippen molar-refractivity contribution < 1.29 is 17.6 Å². The van der Waals surface area contributed by atoms with Gasteiger partial charge in [-0.2, -0.15) is 18.2 Å². The van der Waals surface area contributed by atoms with Gasteiger partial charge < -0.3 is 10.6 Å². The number of para-hydroxylation sites is 1. The molecule has 2 N–H and O–H groups in total. The van der Waals surface area contributed by atoms with Gasteiger partial charge in [-0.15, -0.1) is 0 Å². The third kappa shape index (κ3) is 4.98. The van der Waals surface area contributed by atoms with Crippen molar-refractivity contribution in [2.75, 3.05) is 10.6 Å². The lowest BCUT2D eigenvalue weighted by Gasteiger charge is -2.17. The summed E-state index contributed by atoms with van der Waals surface area (Å²) in [5.74, 6) is -0.769. The Morgan fingerprint density at radius 1 is 1.07 bits per heavy atom. The van der Waals surface area contributed by atoms with E-state index in [2.05, 4.69) is 25.6 Å². The molecule has 1 atom stereocenters. The summed E-state index contributed by atoms with van der Waals surface area (Å²) in [5, 5.41) is 5.58. The average Bonchev–Trinajstić information content (AvgIpc) is 2.69. The molecule has 1 aromatic carbocycles. The van der Waals surface area contributed by atoms with Gasteiger partial charge in [-0.3, -0.25) is 4.98 Å². The van der Waals surface area contributed by atoms with Crippen LogP contribution in [0, 0.1) is 5.82 Å². The zero-order valence-electron chi connectivity index (χ0n) is 15.8. The molecule has 0 aliphatic carbocycles. The molecule has 0 aliphatic heterocycles. The van der Waals surface area contributed by atoms with Crippen LogP contribution in [-0.4, -0.2) is 21.0 Å². The SMILES string of the molecule is CC[C@H](C)Nc1nc(Nc2c(F)cccc2C(F)(F)F)cc(-c2ccncc2)n1. The first-order valence-electron chi connectivity index (χ1n) is 8.96. The Labute approximate surface area is 165 Å². The van der Waals surface area contributed by atoms with Crippen molar-refractivity contribution in [2.24, 2.45) is 0 Å². The van der Waals surface area contributed by atoms with Crippen LogP contribution in [0.1, 0.15) is 25.8 Å². The minimum atomic E-state index is -4.72. The number of anilines is 3. The Kier molecular flexibility index (Phi) is 5.95. The Morgan fingerprint density at radius 2 is 1.79 bits per heavy atom. The van der Waals surface area contributed by atoms with E-state index in [-0.39, 0.29) is 17.8 Å². The lowest BCUT2D eigenvalue weighted by molar-refractivity contribution is -0.137.